The Morgan fingerprint density at radius 1 is 1.17 bits per heavy atom. The van der Waals surface area contributed by atoms with Gasteiger partial charge in [0.15, 0.2) is 12.0 Å². The Morgan fingerprint density at radius 3 is 2.22 bits per heavy atom. The molecule has 0 amide bonds. The fraction of sp³-hybridized carbons (Fsp3) is 0.0769. The average molecular weight is 330 g/mol. The number of hydrogen-bond acceptors (Lipinski definition) is 6. The number of rotatable bonds is 2. The first kappa shape index (κ1) is 17.9. The van der Waals surface area contributed by atoms with Crippen LogP contribution in [0.5, 0.6) is 11.5 Å². The molecule has 0 saturated heterocycles. The first-order valence-electron chi connectivity index (χ1n) is 5.80. The minimum atomic E-state index is -4.44. The molecule has 2 rings (SSSR count). The van der Waals surface area contributed by atoms with Gasteiger partial charge >= 0.3 is 11.9 Å². The van der Waals surface area contributed by atoms with Gasteiger partial charge in [0.25, 0.3) is 0 Å². The van der Waals surface area contributed by atoms with Gasteiger partial charge in [-0.05, 0) is 18.2 Å². The number of para-hydroxylation sites is 1. The lowest BCUT2D eigenvalue weighted by molar-refractivity contribution is -0.386. The number of pyridine rings is 1. The number of hydrogen-bond donors (Lipinski definition) is 2. The fourth-order valence-electron chi connectivity index (χ4n) is 1.31. The molecule has 2 N–H and O–H groups in total. The van der Waals surface area contributed by atoms with Crippen molar-refractivity contribution in [2.45, 2.75) is 6.18 Å². The third kappa shape index (κ3) is 4.95. The Kier molecular flexibility index (Phi) is 5.60. The van der Waals surface area contributed by atoms with Crippen LogP contribution in [0, 0.1) is 10.1 Å². The Morgan fingerprint density at radius 2 is 1.83 bits per heavy atom. The number of aromatic nitrogens is 1. The topological polar surface area (TPSA) is 114 Å². The van der Waals surface area contributed by atoms with E-state index >= 15 is 0 Å². The van der Waals surface area contributed by atoms with Crippen LogP contribution in [0.1, 0.15) is 16.1 Å². The summed E-state index contributed by atoms with van der Waals surface area (Å²) in [6.07, 6.45) is -3.12. The highest BCUT2D eigenvalue weighted by Crippen LogP contribution is 2.33. The van der Waals surface area contributed by atoms with Gasteiger partial charge in [-0.15, -0.1) is 0 Å². The predicted molar refractivity (Wildman–Crippen MR) is 71.1 cm³/mol. The lowest BCUT2D eigenvalue weighted by Crippen LogP contribution is -2.07. The zero-order valence-corrected chi connectivity index (χ0v) is 11.2. The van der Waals surface area contributed by atoms with E-state index in [4.69, 9.17) is 10.2 Å². The van der Waals surface area contributed by atoms with E-state index in [1.54, 1.807) is 0 Å². The molecule has 0 aliphatic heterocycles. The Balaban J connectivity index is 0.000000231. The fourth-order valence-corrected chi connectivity index (χ4v) is 1.31. The number of carbonyl (C=O) groups excluding carboxylic acids is 1. The maximum absolute atomic E-state index is 11.9. The van der Waals surface area contributed by atoms with Crippen LogP contribution in [0.4, 0.5) is 18.9 Å². The van der Waals surface area contributed by atoms with Crippen molar-refractivity contribution < 1.29 is 33.1 Å². The van der Waals surface area contributed by atoms with Crippen molar-refractivity contribution in [3.8, 4) is 11.5 Å². The molecule has 1 aromatic carbocycles. The molecular formula is C13H9F3N2O5. The Bertz CT molecular complexity index is 702. The molecule has 1 aromatic heterocycles. The standard InChI is InChI=1S/C7H4F3NO.C6H5NO4/c8-7(9,10)6-2-1-5(4-12)3-11-6;8-5-3-1-2-4(6(5)9)7(10)11/h1-4H;1-3,8-9H. The van der Waals surface area contributed by atoms with E-state index in [9.17, 15) is 28.1 Å². The summed E-state index contributed by atoms with van der Waals surface area (Å²) in [6, 6.07) is 5.40. The lowest BCUT2D eigenvalue weighted by atomic mass is 10.3. The maximum atomic E-state index is 11.9. The molecule has 0 radical (unpaired) electrons. The monoisotopic (exact) mass is 330 g/mol. The number of aldehydes is 1. The molecule has 0 aliphatic rings. The zero-order chi connectivity index (χ0) is 17.6. The molecule has 7 nitrogen and oxygen atoms in total. The molecule has 0 aliphatic carbocycles. The second-order valence-corrected chi connectivity index (χ2v) is 3.99. The van der Waals surface area contributed by atoms with E-state index in [1.165, 1.54) is 12.1 Å². The molecule has 0 atom stereocenters. The van der Waals surface area contributed by atoms with Crippen LogP contribution in [0.25, 0.3) is 0 Å². The summed E-state index contributed by atoms with van der Waals surface area (Å²) in [5.41, 5.74) is -1.36. The van der Waals surface area contributed by atoms with Gasteiger partial charge in [0.05, 0.1) is 4.92 Å². The van der Waals surface area contributed by atoms with E-state index in [1.807, 2.05) is 0 Å². The predicted octanol–water partition coefficient (Wildman–Crippen LogP) is 2.92. The summed E-state index contributed by atoms with van der Waals surface area (Å²) in [4.78, 5) is 22.5. The first-order chi connectivity index (χ1) is 10.7. The number of nitro benzene ring substituents is 1. The number of aromatic hydroxyl groups is 2. The summed E-state index contributed by atoms with van der Waals surface area (Å²) in [5, 5.41) is 27.8. The van der Waals surface area contributed by atoms with Gasteiger partial charge in [-0.25, -0.2) is 0 Å². The third-order valence-electron chi connectivity index (χ3n) is 2.40. The quantitative estimate of drug-likeness (QED) is 0.379. The second kappa shape index (κ2) is 7.20. The van der Waals surface area contributed by atoms with Crippen LogP contribution in [0.2, 0.25) is 0 Å². The normalized spacial score (nSPS) is 10.4. The minimum absolute atomic E-state index is 0.128. The Hall–Kier alpha value is -3.17. The molecule has 10 heteroatoms. The van der Waals surface area contributed by atoms with Gasteiger partial charge in [-0.3, -0.25) is 19.9 Å². The van der Waals surface area contributed by atoms with Crippen molar-refractivity contribution >= 4 is 12.0 Å². The SMILES string of the molecule is O=Cc1ccc(C(F)(F)F)nc1.O=[N+]([O-])c1cccc(O)c1O. The van der Waals surface area contributed by atoms with Gasteiger partial charge in [0, 0.05) is 17.8 Å². The molecule has 122 valence electrons. The lowest BCUT2D eigenvalue weighted by Gasteiger charge is -2.03. The number of phenolic OH excluding ortho intramolecular Hbond substituents is 2. The smallest absolute Gasteiger partial charge is 0.433 e. The average Bonchev–Trinajstić information content (AvgIpc) is 2.49. The molecule has 0 bridgehead atoms. The molecule has 0 unspecified atom stereocenters. The van der Waals surface area contributed by atoms with Gasteiger partial charge < -0.3 is 10.2 Å². The highest BCUT2D eigenvalue weighted by Gasteiger charge is 2.31. The number of nitrogens with zero attached hydrogens (tertiary/aromatic N) is 2. The summed E-state index contributed by atoms with van der Waals surface area (Å²) in [5.74, 6) is -1.18. The molecule has 0 fully saturated rings. The van der Waals surface area contributed by atoms with Crippen LogP contribution in [-0.4, -0.2) is 26.4 Å². The molecular weight excluding hydrogens is 321 g/mol. The van der Waals surface area contributed by atoms with Crippen LogP contribution in [0.3, 0.4) is 0 Å². The van der Waals surface area contributed by atoms with Gasteiger partial charge in [0.1, 0.15) is 5.69 Å². The van der Waals surface area contributed by atoms with Crippen LogP contribution < -0.4 is 0 Å². The maximum Gasteiger partial charge on any atom is 0.433 e. The summed E-state index contributed by atoms with van der Waals surface area (Å²) >= 11 is 0. The largest absolute Gasteiger partial charge is 0.504 e. The first-order valence-corrected chi connectivity index (χ1v) is 5.80. The van der Waals surface area contributed by atoms with Crippen molar-refractivity contribution in [3.63, 3.8) is 0 Å². The zero-order valence-electron chi connectivity index (χ0n) is 11.2. The number of benzene rings is 1. The number of halogens is 3. The number of nitro groups is 1. The van der Waals surface area contributed by atoms with Crippen molar-refractivity contribution in [3.05, 3.63) is 57.9 Å². The van der Waals surface area contributed by atoms with E-state index < -0.39 is 34.0 Å². The summed E-state index contributed by atoms with van der Waals surface area (Å²) < 4.78 is 35.6. The summed E-state index contributed by atoms with van der Waals surface area (Å²) in [7, 11) is 0. The van der Waals surface area contributed by atoms with Crippen LogP contribution >= 0.6 is 0 Å². The number of carbonyl (C=O) groups is 1. The number of alkyl halides is 3. The molecule has 2 aromatic rings. The molecule has 0 saturated carbocycles. The highest BCUT2D eigenvalue weighted by atomic mass is 19.4. The third-order valence-corrected chi connectivity index (χ3v) is 2.40. The van der Waals surface area contributed by atoms with Gasteiger partial charge in [0.2, 0.25) is 5.75 Å². The van der Waals surface area contributed by atoms with Crippen molar-refractivity contribution in [2.24, 2.45) is 0 Å². The Labute approximate surface area is 126 Å². The van der Waals surface area contributed by atoms with E-state index in [2.05, 4.69) is 4.98 Å². The van der Waals surface area contributed by atoms with Crippen molar-refractivity contribution in [1.82, 2.24) is 4.98 Å². The summed E-state index contributed by atoms with van der Waals surface area (Å²) in [6.45, 7) is 0. The van der Waals surface area contributed by atoms with Crippen molar-refractivity contribution in [2.75, 3.05) is 0 Å². The van der Waals surface area contributed by atoms with E-state index in [0.29, 0.717) is 6.29 Å². The second-order valence-electron chi connectivity index (χ2n) is 3.99. The van der Waals surface area contributed by atoms with Crippen LogP contribution in [0.15, 0.2) is 36.5 Å². The van der Waals surface area contributed by atoms with Crippen molar-refractivity contribution in [1.29, 1.82) is 0 Å². The van der Waals surface area contributed by atoms with E-state index in [-0.39, 0.29) is 5.56 Å². The number of phenols is 2. The van der Waals surface area contributed by atoms with Gasteiger partial charge in [-0.1, -0.05) is 6.07 Å². The molecule has 23 heavy (non-hydrogen) atoms. The molecule has 0 spiro atoms. The van der Waals surface area contributed by atoms with E-state index in [0.717, 1.165) is 24.4 Å². The van der Waals surface area contributed by atoms with Crippen LogP contribution in [-0.2, 0) is 6.18 Å². The minimum Gasteiger partial charge on any atom is -0.504 e. The molecule has 1 heterocycles. The highest BCUT2D eigenvalue weighted by molar-refractivity contribution is 5.73. The van der Waals surface area contributed by atoms with Gasteiger partial charge in [-0.2, -0.15) is 13.2 Å².